The summed E-state index contributed by atoms with van der Waals surface area (Å²) in [5.74, 6) is -5.65. The van der Waals surface area contributed by atoms with Crippen LogP contribution < -0.4 is 0 Å². The Labute approximate surface area is 246 Å². The molecule has 1 fully saturated rings. The number of fused-ring (bicyclic) bond motifs is 1. The fourth-order valence-electron chi connectivity index (χ4n) is 4.99. The van der Waals surface area contributed by atoms with Gasteiger partial charge >= 0.3 is 12.1 Å². The number of aromatic nitrogens is 3. The first-order chi connectivity index (χ1) is 20.3. The minimum atomic E-state index is -4.88. The number of ketones is 1. The third kappa shape index (κ3) is 6.31. The largest absolute Gasteiger partial charge is 0.443 e. The van der Waals surface area contributed by atoms with Gasteiger partial charge in [0, 0.05) is 61.9 Å². The number of hydrogen-bond acceptors (Lipinski definition) is 7. The van der Waals surface area contributed by atoms with Crippen molar-refractivity contribution in [1.29, 1.82) is 0 Å². The molecule has 0 spiro atoms. The Morgan fingerprint density at radius 3 is 2.39 bits per heavy atom. The number of pyridine rings is 1. The molecule has 0 radical (unpaired) electrons. The van der Waals surface area contributed by atoms with Crippen LogP contribution in [0.4, 0.5) is 30.7 Å². The van der Waals surface area contributed by atoms with E-state index in [2.05, 4.69) is 15.0 Å². The van der Waals surface area contributed by atoms with Crippen LogP contribution in [0.3, 0.4) is 0 Å². The highest BCUT2D eigenvalue weighted by atomic mass is 32.2. The summed E-state index contributed by atoms with van der Waals surface area (Å²) in [5, 5.41) is -0.536. The topological polar surface area (TPSA) is 106 Å². The summed E-state index contributed by atoms with van der Waals surface area (Å²) in [6.07, 6.45) is -4.11. The van der Waals surface area contributed by atoms with Crippen molar-refractivity contribution in [3.8, 4) is 11.3 Å². The van der Waals surface area contributed by atoms with Gasteiger partial charge < -0.3 is 4.42 Å². The summed E-state index contributed by atoms with van der Waals surface area (Å²) in [5.41, 5.74) is -3.73. The van der Waals surface area contributed by atoms with Crippen molar-refractivity contribution in [2.45, 2.75) is 62.0 Å². The summed E-state index contributed by atoms with van der Waals surface area (Å²) < 4.78 is 130. The van der Waals surface area contributed by atoms with Gasteiger partial charge in [-0.05, 0) is 43.2 Å². The van der Waals surface area contributed by atoms with Crippen LogP contribution in [-0.2, 0) is 33.3 Å². The molecule has 1 aliphatic heterocycles. The maximum atomic E-state index is 15.1. The fourth-order valence-corrected chi connectivity index (χ4v) is 6.66. The molecule has 4 heterocycles. The molecule has 1 aromatic carbocycles. The van der Waals surface area contributed by atoms with E-state index < -0.39 is 93.3 Å². The first-order valence-electron chi connectivity index (χ1n) is 13.0. The highest BCUT2D eigenvalue weighted by Crippen LogP contribution is 2.38. The van der Waals surface area contributed by atoms with Crippen molar-refractivity contribution >= 4 is 26.8 Å². The van der Waals surface area contributed by atoms with Gasteiger partial charge in [0.2, 0.25) is 5.09 Å². The predicted octanol–water partition coefficient (Wildman–Crippen LogP) is 6.25. The van der Waals surface area contributed by atoms with E-state index in [0.29, 0.717) is 17.4 Å². The number of nitrogens with zero attached hydrogens (tertiary/aromatic N) is 4. The quantitative estimate of drug-likeness (QED) is 0.209. The average molecular weight is 645 g/mol. The van der Waals surface area contributed by atoms with Gasteiger partial charge in [-0.15, -0.1) is 0 Å². The second-order valence-corrected chi connectivity index (χ2v) is 12.6. The van der Waals surface area contributed by atoms with E-state index in [1.807, 2.05) is 0 Å². The van der Waals surface area contributed by atoms with Crippen LogP contribution in [0.25, 0.3) is 22.2 Å². The van der Waals surface area contributed by atoms with Crippen LogP contribution in [0, 0.1) is 5.82 Å². The molecule has 3 aromatic heterocycles. The summed E-state index contributed by atoms with van der Waals surface area (Å²) in [4.78, 5) is 24.1. The number of hydrogen-bond donors (Lipinski definition) is 0. The molecule has 1 aliphatic rings. The van der Waals surface area contributed by atoms with Crippen LogP contribution >= 0.6 is 0 Å². The zero-order chi connectivity index (χ0) is 32.2. The molecule has 16 heteroatoms. The minimum Gasteiger partial charge on any atom is -0.443 e. The Kier molecular flexibility index (Phi) is 7.81. The Hall–Kier alpha value is -3.92. The normalized spacial score (nSPS) is 20.0. The van der Waals surface area contributed by atoms with E-state index in [9.17, 15) is 39.6 Å². The SMILES string of the molecule is CC(F)(F)c1ncc(-c2cc(CCC(=O)[C@@H]3C[C@@](C)(F)CN3S(=O)(=O)c3cc4cc(F)ccc4o3)c(C(F)(F)F)cn2)cn1. The smallest absolute Gasteiger partial charge is 0.418 e. The van der Waals surface area contributed by atoms with Crippen molar-refractivity contribution in [3.63, 3.8) is 0 Å². The Balaban J connectivity index is 1.42. The number of furan rings is 1. The van der Waals surface area contributed by atoms with Crippen molar-refractivity contribution in [2.24, 2.45) is 0 Å². The molecular formula is C28H23F7N4O4S. The zero-order valence-corrected chi connectivity index (χ0v) is 23.8. The molecule has 4 aromatic rings. The molecule has 1 saturated heterocycles. The van der Waals surface area contributed by atoms with Crippen LogP contribution in [0.1, 0.15) is 43.6 Å². The van der Waals surface area contributed by atoms with E-state index in [-0.39, 0.29) is 22.2 Å². The van der Waals surface area contributed by atoms with Crippen LogP contribution in [0.15, 0.2) is 58.4 Å². The molecule has 5 rings (SSSR count). The number of alkyl halides is 6. The van der Waals surface area contributed by atoms with Gasteiger partial charge in [0.1, 0.15) is 17.1 Å². The van der Waals surface area contributed by atoms with Gasteiger partial charge in [-0.3, -0.25) is 9.78 Å². The predicted molar refractivity (Wildman–Crippen MR) is 141 cm³/mol. The number of benzene rings is 1. The summed E-state index contributed by atoms with van der Waals surface area (Å²) in [6.45, 7) is 0.945. The standard InChI is InChI=1S/C28H23F7N4O4S/c1-26(30)10-21(39(14-26)44(41,42)24-9-16-7-18(29)4-6-23(16)43-24)22(40)5-3-15-8-20(36-13-19(15)28(33,34)35)17-11-37-25(38-12-17)27(2,31)32/h4,6-9,11-13,21H,3,5,10,14H2,1-2H3/t21-,26+/m0/s1. The maximum Gasteiger partial charge on any atom is 0.418 e. The molecule has 2 atom stereocenters. The number of carbonyl (C=O) groups is 1. The van der Waals surface area contributed by atoms with Gasteiger partial charge in [-0.1, -0.05) is 0 Å². The first-order valence-corrected chi connectivity index (χ1v) is 14.5. The summed E-state index contributed by atoms with van der Waals surface area (Å²) in [7, 11) is -4.62. The number of Topliss-reactive ketones (excluding diaryl/α,β-unsaturated/α-hetero) is 1. The van der Waals surface area contributed by atoms with Crippen molar-refractivity contribution < 1.29 is 48.4 Å². The van der Waals surface area contributed by atoms with Crippen molar-refractivity contribution in [2.75, 3.05) is 6.54 Å². The molecular weight excluding hydrogens is 621 g/mol. The lowest BCUT2D eigenvalue weighted by atomic mass is 9.96. The minimum absolute atomic E-state index is 0.0336. The second kappa shape index (κ2) is 10.9. The Morgan fingerprint density at radius 1 is 1.07 bits per heavy atom. The molecule has 0 N–H and O–H groups in total. The van der Waals surface area contributed by atoms with E-state index >= 15 is 4.39 Å². The van der Waals surface area contributed by atoms with E-state index in [1.54, 1.807) is 0 Å². The number of halogens is 7. The third-order valence-corrected chi connectivity index (χ3v) is 8.83. The lowest BCUT2D eigenvalue weighted by Gasteiger charge is -2.22. The van der Waals surface area contributed by atoms with Gasteiger partial charge in [-0.25, -0.2) is 27.2 Å². The third-order valence-electron chi connectivity index (χ3n) is 7.12. The monoisotopic (exact) mass is 644 g/mol. The number of aryl methyl sites for hydroxylation is 1. The van der Waals surface area contributed by atoms with Crippen molar-refractivity contribution in [3.05, 3.63) is 71.7 Å². The molecule has 0 saturated carbocycles. The fraction of sp³-hybridized carbons (Fsp3) is 0.357. The number of sulfonamides is 1. The summed E-state index contributed by atoms with van der Waals surface area (Å²) >= 11 is 0. The molecule has 234 valence electrons. The Morgan fingerprint density at radius 2 is 1.75 bits per heavy atom. The van der Waals surface area contributed by atoms with E-state index in [0.717, 1.165) is 43.6 Å². The molecule has 0 bridgehead atoms. The van der Waals surface area contributed by atoms with E-state index in [1.165, 1.54) is 6.07 Å². The van der Waals surface area contributed by atoms with Gasteiger partial charge in [0.15, 0.2) is 11.6 Å². The Bertz CT molecular complexity index is 1840. The molecule has 0 amide bonds. The zero-order valence-electron chi connectivity index (χ0n) is 23.0. The average Bonchev–Trinajstić information content (AvgIpc) is 3.51. The highest BCUT2D eigenvalue weighted by molar-refractivity contribution is 7.89. The molecule has 44 heavy (non-hydrogen) atoms. The lowest BCUT2D eigenvalue weighted by molar-refractivity contribution is -0.138. The first kappa shape index (κ1) is 31.5. The van der Waals surface area contributed by atoms with Gasteiger partial charge in [-0.2, -0.15) is 26.3 Å². The van der Waals surface area contributed by atoms with Gasteiger partial charge in [0.25, 0.3) is 10.0 Å². The molecule has 8 nitrogen and oxygen atoms in total. The van der Waals surface area contributed by atoms with Crippen LogP contribution in [-0.4, -0.2) is 51.7 Å². The number of rotatable bonds is 8. The summed E-state index contributed by atoms with van der Waals surface area (Å²) in [6, 6.07) is 3.77. The van der Waals surface area contributed by atoms with Crippen LogP contribution in [0.5, 0.6) is 0 Å². The second-order valence-electron chi connectivity index (χ2n) is 10.8. The van der Waals surface area contributed by atoms with Gasteiger partial charge in [0.05, 0.1) is 17.3 Å². The molecule has 0 unspecified atom stereocenters. The van der Waals surface area contributed by atoms with E-state index in [4.69, 9.17) is 4.42 Å². The number of carbonyl (C=O) groups excluding carboxylic acids is 1. The van der Waals surface area contributed by atoms with Crippen molar-refractivity contribution in [1.82, 2.24) is 19.3 Å². The van der Waals surface area contributed by atoms with Crippen LogP contribution in [0.2, 0.25) is 0 Å². The highest BCUT2D eigenvalue weighted by Gasteiger charge is 2.50. The maximum absolute atomic E-state index is 15.1. The lowest BCUT2D eigenvalue weighted by Crippen LogP contribution is -2.40. The molecule has 0 aliphatic carbocycles.